The SMILES string of the molecule is COC(=O)c1ccncc1CC[C@H]1CCCc2c1ccc(OC)c2C. The molecule has 0 bridgehead atoms. The largest absolute Gasteiger partial charge is 0.496 e. The zero-order valence-corrected chi connectivity index (χ0v) is 15.2. The number of hydrogen-bond acceptors (Lipinski definition) is 4. The van der Waals surface area contributed by atoms with E-state index in [0.29, 0.717) is 11.5 Å². The lowest BCUT2D eigenvalue weighted by Crippen LogP contribution is -2.14. The van der Waals surface area contributed by atoms with Gasteiger partial charge in [0.25, 0.3) is 0 Å². The molecule has 2 aromatic rings. The van der Waals surface area contributed by atoms with E-state index in [4.69, 9.17) is 9.47 Å². The number of benzene rings is 1. The number of esters is 1. The standard InChI is InChI=1S/C21H25NO3/c1-14-17-6-4-5-15(18(17)9-10-20(14)24-2)7-8-16-13-22-12-11-19(16)21(23)25-3/h9-13,15H,4-8H2,1-3H3/t15-/m1/s1. The molecule has 1 aromatic carbocycles. The minimum absolute atomic E-state index is 0.290. The van der Waals surface area contributed by atoms with Crippen molar-refractivity contribution in [2.45, 2.75) is 44.9 Å². The van der Waals surface area contributed by atoms with Crippen LogP contribution in [-0.2, 0) is 17.6 Å². The fraction of sp³-hybridized carbons (Fsp3) is 0.429. The molecule has 1 atom stereocenters. The van der Waals surface area contributed by atoms with E-state index in [1.165, 1.54) is 36.6 Å². The van der Waals surface area contributed by atoms with Crippen LogP contribution in [0.25, 0.3) is 0 Å². The molecule has 0 N–H and O–H groups in total. The van der Waals surface area contributed by atoms with Crippen molar-refractivity contribution < 1.29 is 14.3 Å². The molecule has 0 amide bonds. The van der Waals surface area contributed by atoms with Crippen LogP contribution < -0.4 is 4.74 Å². The highest BCUT2D eigenvalue weighted by Gasteiger charge is 2.23. The summed E-state index contributed by atoms with van der Waals surface area (Å²) in [5.41, 5.74) is 5.73. The molecule has 4 heteroatoms. The lowest BCUT2D eigenvalue weighted by atomic mass is 9.78. The molecular weight excluding hydrogens is 314 g/mol. The first-order chi connectivity index (χ1) is 12.2. The molecule has 0 aliphatic heterocycles. The third kappa shape index (κ3) is 3.53. The minimum Gasteiger partial charge on any atom is -0.496 e. The fourth-order valence-corrected chi connectivity index (χ4v) is 3.94. The monoisotopic (exact) mass is 339 g/mol. The van der Waals surface area contributed by atoms with Crippen LogP contribution in [0.2, 0.25) is 0 Å². The van der Waals surface area contributed by atoms with Gasteiger partial charge >= 0.3 is 5.97 Å². The summed E-state index contributed by atoms with van der Waals surface area (Å²) >= 11 is 0. The molecule has 0 unspecified atom stereocenters. The summed E-state index contributed by atoms with van der Waals surface area (Å²) < 4.78 is 10.4. The number of aromatic nitrogens is 1. The highest BCUT2D eigenvalue weighted by atomic mass is 16.5. The molecule has 0 saturated carbocycles. The first-order valence-corrected chi connectivity index (χ1v) is 8.83. The van der Waals surface area contributed by atoms with Crippen molar-refractivity contribution >= 4 is 5.97 Å². The second-order valence-electron chi connectivity index (χ2n) is 6.61. The Balaban J connectivity index is 1.81. The molecule has 0 fully saturated rings. The van der Waals surface area contributed by atoms with Crippen molar-refractivity contribution in [1.82, 2.24) is 4.98 Å². The predicted octanol–water partition coefficient (Wildman–Crippen LogP) is 4.24. The number of ether oxygens (including phenoxy) is 2. The average molecular weight is 339 g/mol. The Morgan fingerprint density at radius 2 is 2.12 bits per heavy atom. The smallest absolute Gasteiger partial charge is 0.338 e. The van der Waals surface area contributed by atoms with E-state index in [1.807, 2.05) is 0 Å². The van der Waals surface area contributed by atoms with Gasteiger partial charge in [-0.05, 0) is 79.3 Å². The molecule has 0 saturated heterocycles. The Morgan fingerprint density at radius 3 is 2.88 bits per heavy atom. The van der Waals surface area contributed by atoms with E-state index >= 15 is 0 Å². The van der Waals surface area contributed by atoms with E-state index in [9.17, 15) is 4.79 Å². The van der Waals surface area contributed by atoms with Gasteiger partial charge in [-0.15, -0.1) is 0 Å². The average Bonchev–Trinajstić information content (AvgIpc) is 2.66. The number of fused-ring (bicyclic) bond motifs is 1. The van der Waals surface area contributed by atoms with Gasteiger partial charge < -0.3 is 9.47 Å². The van der Waals surface area contributed by atoms with Crippen molar-refractivity contribution in [3.63, 3.8) is 0 Å². The summed E-state index contributed by atoms with van der Waals surface area (Å²) in [6.45, 7) is 2.15. The Morgan fingerprint density at radius 1 is 1.28 bits per heavy atom. The number of pyridine rings is 1. The predicted molar refractivity (Wildman–Crippen MR) is 97.3 cm³/mol. The summed E-state index contributed by atoms with van der Waals surface area (Å²) in [7, 11) is 3.14. The number of nitrogens with zero attached hydrogens (tertiary/aromatic N) is 1. The normalized spacial score (nSPS) is 16.2. The van der Waals surface area contributed by atoms with Gasteiger partial charge in [-0.3, -0.25) is 4.98 Å². The van der Waals surface area contributed by atoms with Crippen LogP contribution in [0.5, 0.6) is 5.75 Å². The van der Waals surface area contributed by atoms with E-state index in [-0.39, 0.29) is 5.97 Å². The third-order valence-corrected chi connectivity index (χ3v) is 5.30. The lowest BCUT2D eigenvalue weighted by molar-refractivity contribution is 0.0599. The van der Waals surface area contributed by atoms with Gasteiger partial charge in [0.15, 0.2) is 0 Å². The number of hydrogen-bond donors (Lipinski definition) is 0. The van der Waals surface area contributed by atoms with Crippen molar-refractivity contribution in [3.8, 4) is 5.75 Å². The van der Waals surface area contributed by atoms with Crippen LogP contribution in [0.15, 0.2) is 30.6 Å². The lowest BCUT2D eigenvalue weighted by Gasteiger charge is -2.28. The van der Waals surface area contributed by atoms with Crippen molar-refractivity contribution in [2.75, 3.05) is 14.2 Å². The number of carbonyl (C=O) groups excluding carboxylic acids is 1. The number of carbonyl (C=O) groups is 1. The number of methoxy groups -OCH3 is 2. The highest BCUT2D eigenvalue weighted by molar-refractivity contribution is 5.90. The van der Waals surface area contributed by atoms with E-state index in [0.717, 1.165) is 30.6 Å². The quantitative estimate of drug-likeness (QED) is 0.765. The zero-order chi connectivity index (χ0) is 17.8. The Hall–Kier alpha value is -2.36. The van der Waals surface area contributed by atoms with Crippen molar-refractivity contribution in [3.05, 3.63) is 58.4 Å². The molecule has 3 rings (SSSR count). The van der Waals surface area contributed by atoms with E-state index in [1.54, 1.807) is 25.6 Å². The van der Waals surface area contributed by atoms with Crippen molar-refractivity contribution in [2.24, 2.45) is 0 Å². The van der Waals surface area contributed by atoms with Crippen LogP contribution in [0.3, 0.4) is 0 Å². The van der Waals surface area contributed by atoms with Crippen LogP contribution >= 0.6 is 0 Å². The van der Waals surface area contributed by atoms with Gasteiger partial charge in [0.1, 0.15) is 5.75 Å². The van der Waals surface area contributed by atoms with Crippen LogP contribution in [-0.4, -0.2) is 25.2 Å². The minimum atomic E-state index is -0.290. The van der Waals surface area contributed by atoms with Gasteiger partial charge in [0.2, 0.25) is 0 Å². The second kappa shape index (κ2) is 7.68. The number of rotatable bonds is 5. The maximum Gasteiger partial charge on any atom is 0.338 e. The maximum atomic E-state index is 11.9. The van der Waals surface area contributed by atoms with Crippen LogP contribution in [0.4, 0.5) is 0 Å². The first-order valence-electron chi connectivity index (χ1n) is 8.83. The van der Waals surface area contributed by atoms with Gasteiger partial charge in [0, 0.05) is 12.4 Å². The molecule has 0 radical (unpaired) electrons. The Labute approximate surface area is 149 Å². The molecule has 25 heavy (non-hydrogen) atoms. The molecule has 1 aliphatic rings. The summed E-state index contributed by atoms with van der Waals surface area (Å²) in [5, 5.41) is 0. The van der Waals surface area contributed by atoms with Gasteiger partial charge in [-0.25, -0.2) is 4.79 Å². The van der Waals surface area contributed by atoms with Crippen LogP contribution in [0.1, 0.15) is 57.8 Å². The molecule has 1 aliphatic carbocycles. The summed E-state index contributed by atoms with van der Waals surface area (Å²) in [5.74, 6) is 1.20. The molecule has 1 aromatic heterocycles. The first kappa shape index (κ1) is 17.5. The highest BCUT2D eigenvalue weighted by Crippen LogP contribution is 2.39. The van der Waals surface area contributed by atoms with E-state index in [2.05, 4.69) is 24.0 Å². The van der Waals surface area contributed by atoms with Gasteiger partial charge in [-0.1, -0.05) is 6.07 Å². The molecule has 0 spiro atoms. The van der Waals surface area contributed by atoms with Crippen LogP contribution in [0, 0.1) is 6.92 Å². The summed E-state index contributed by atoms with van der Waals surface area (Å²) in [6, 6.07) is 6.04. The van der Waals surface area contributed by atoms with Crippen molar-refractivity contribution in [1.29, 1.82) is 0 Å². The molecule has 132 valence electrons. The summed E-state index contributed by atoms with van der Waals surface area (Å²) in [6.07, 6.45) is 8.77. The van der Waals surface area contributed by atoms with Gasteiger partial charge in [-0.2, -0.15) is 0 Å². The molecular formula is C21H25NO3. The second-order valence-corrected chi connectivity index (χ2v) is 6.61. The Kier molecular flexibility index (Phi) is 5.37. The third-order valence-electron chi connectivity index (χ3n) is 5.30. The fourth-order valence-electron chi connectivity index (χ4n) is 3.94. The Bertz CT molecular complexity index is 770. The van der Waals surface area contributed by atoms with E-state index < -0.39 is 0 Å². The molecule has 4 nitrogen and oxygen atoms in total. The maximum absolute atomic E-state index is 11.9. The van der Waals surface area contributed by atoms with Gasteiger partial charge in [0.05, 0.1) is 19.8 Å². The topological polar surface area (TPSA) is 48.4 Å². The summed E-state index contributed by atoms with van der Waals surface area (Å²) in [4.78, 5) is 16.1. The molecule has 1 heterocycles. The zero-order valence-electron chi connectivity index (χ0n) is 15.2. The number of aryl methyl sites for hydroxylation is 1.